The zero-order valence-corrected chi connectivity index (χ0v) is 14.0. The van der Waals surface area contributed by atoms with E-state index in [1.165, 1.54) is 25.3 Å². The van der Waals surface area contributed by atoms with Crippen LogP contribution in [0.4, 0.5) is 4.39 Å². The van der Waals surface area contributed by atoms with Crippen molar-refractivity contribution < 1.29 is 19.4 Å². The van der Waals surface area contributed by atoms with Gasteiger partial charge in [0.2, 0.25) is 0 Å². The molecule has 0 atom stereocenters. The van der Waals surface area contributed by atoms with Gasteiger partial charge in [-0.05, 0) is 41.5 Å². The maximum atomic E-state index is 14.0. The zero-order chi connectivity index (χ0) is 18.7. The first-order valence-corrected chi connectivity index (χ1v) is 7.79. The van der Waals surface area contributed by atoms with Crippen molar-refractivity contribution in [3.8, 4) is 33.8 Å². The minimum absolute atomic E-state index is 0.105. The summed E-state index contributed by atoms with van der Waals surface area (Å²) in [7, 11) is 1.49. The van der Waals surface area contributed by atoms with Crippen LogP contribution in [-0.4, -0.2) is 23.3 Å². The summed E-state index contributed by atoms with van der Waals surface area (Å²) in [6.45, 7) is 0. The van der Waals surface area contributed by atoms with E-state index in [2.05, 4.69) is 5.16 Å². The third kappa shape index (κ3) is 3.17. The summed E-state index contributed by atoms with van der Waals surface area (Å²) in [5.41, 5.74) is 8.82. The normalized spacial score (nSPS) is 11.4. The summed E-state index contributed by atoms with van der Waals surface area (Å²) in [6, 6.07) is 16.0. The van der Waals surface area contributed by atoms with Gasteiger partial charge in [-0.25, -0.2) is 4.39 Å². The quantitative estimate of drug-likeness (QED) is 0.287. The zero-order valence-electron chi connectivity index (χ0n) is 14.0. The molecule has 3 aromatic rings. The molecule has 4 N–H and O–H groups in total. The van der Waals surface area contributed by atoms with Gasteiger partial charge in [0.1, 0.15) is 17.3 Å². The molecule has 0 saturated heterocycles. The average Bonchev–Trinajstić information content (AvgIpc) is 2.67. The lowest BCUT2D eigenvalue weighted by molar-refractivity contribution is 0.318. The SMILES string of the molecule is COc1ccc(F)cc1-c1c(/C(N)=N/O)cccc1-c1ccc(O)cc1. The lowest BCUT2D eigenvalue weighted by Gasteiger charge is -2.17. The molecular weight excluding hydrogens is 335 g/mol. The number of halogens is 1. The summed E-state index contributed by atoms with van der Waals surface area (Å²) in [5, 5.41) is 21.8. The van der Waals surface area contributed by atoms with E-state index in [1.807, 2.05) is 6.07 Å². The van der Waals surface area contributed by atoms with Gasteiger partial charge < -0.3 is 20.8 Å². The van der Waals surface area contributed by atoms with Gasteiger partial charge in [0.15, 0.2) is 5.84 Å². The Hall–Kier alpha value is -3.54. The topological polar surface area (TPSA) is 88.1 Å². The molecule has 0 aliphatic rings. The highest BCUT2D eigenvalue weighted by Crippen LogP contribution is 2.40. The largest absolute Gasteiger partial charge is 0.508 e. The van der Waals surface area contributed by atoms with Crippen molar-refractivity contribution in [3.05, 3.63) is 72.0 Å². The van der Waals surface area contributed by atoms with Crippen LogP contribution in [0, 0.1) is 5.82 Å². The minimum Gasteiger partial charge on any atom is -0.508 e. The molecule has 6 heteroatoms. The van der Waals surface area contributed by atoms with E-state index in [9.17, 15) is 9.50 Å². The Morgan fingerprint density at radius 1 is 1.04 bits per heavy atom. The van der Waals surface area contributed by atoms with Crippen molar-refractivity contribution in [1.82, 2.24) is 0 Å². The molecule has 0 spiro atoms. The van der Waals surface area contributed by atoms with Crippen molar-refractivity contribution in [1.29, 1.82) is 0 Å². The van der Waals surface area contributed by atoms with Gasteiger partial charge in [-0.15, -0.1) is 0 Å². The number of phenols is 1. The van der Waals surface area contributed by atoms with Gasteiger partial charge in [0, 0.05) is 16.7 Å². The van der Waals surface area contributed by atoms with Gasteiger partial charge in [0.25, 0.3) is 0 Å². The Kier molecular flexibility index (Phi) is 4.75. The smallest absolute Gasteiger partial charge is 0.170 e. The molecule has 0 aliphatic heterocycles. The summed E-state index contributed by atoms with van der Waals surface area (Å²) in [4.78, 5) is 0. The number of nitrogens with zero attached hydrogens (tertiary/aromatic N) is 1. The fourth-order valence-corrected chi connectivity index (χ4v) is 2.87. The van der Waals surface area contributed by atoms with Crippen molar-refractivity contribution in [2.45, 2.75) is 0 Å². The van der Waals surface area contributed by atoms with Crippen LogP contribution in [-0.2, 0) is 0 Å². The lowest BCUT2D eigenvalue weighted by atomic mass is 9.89. The predicted molar refractivity (Wildman–Crippen MR) is 98.0 cm³/mol. The van der Waals surface area contributed by atoms with E-state index in [-0.39, 0.29) is 11.6 Å². The standard InChI is InChI=1S/C20H17FN2O3/c1-26-18-10-7-13(21)11-17(18)19-15(12-5-8-14(24)9-6-12)3-2-4-16(19)20(22)23-25/h2-11,24-25H,1H3,(H2,22,23). The van der Waals surface area contributed by atoms with Crippen LogP contribution in [0.2, 0.25) is 0 Å². The second-order valence-electron chi connectivity index (χ2n) is 5.60. The van der Waals surface area contributed by atoms with Crippen LogP contribution in [0.5, 0.6) is 11.5 Å². The second kappa shape index (κ2) is 7.14. The lowest BCUT2D eigenvalue weighted by Crippen LogP contribution is -2.15. The van der Waals surface area contributed by atoms with E-state index in [4.69, 9.17) is 15.7 Å². The summed E-state index contributed by atoms with van der Waals surface area (Å²) < 4.78 is 19.4. The van der Waals surface area contributed by atoms with Crippen LogP contribution >= 0.6 is 0 Å². The van der Waals surface area contributed by atoms with E-state index >= 15 is 0 Å². The predicted octanol–water partition coefficient (Wildman–Crippen LogP) is 3.97. The van der Waals surface area contributed by atoms with Gasteiger partial charge in [0.05, 0.1) is 7.11 Å². The number of hydrogen-bond donors (Lipinski definition) is 3. The Bertz CT molecular complexity index is 969. The number of nitrogens with two attached hydrogens (primary N) is 1. The molecule has 0 saturated carbocycles. The van der Waals surface area contributed by atoms with Crippen LogP contribution in [0.1, 0.15) is 5.56 Å². The first kappa shape index (κ1) is 17.3. The molecule has 5 nitrogen and oxygen atoms in total. The number of phenolic OH excluding ortho intramolecular Hbond substituents is 1. The molecule has 0 amide bonds. The number of benzene rings is 3. The second-order valence-corrected chi connectivity index (χ2v) is 5.60. The van der Waals surface area contributed by atoms with E-state index in [1.54, 1.807) is 36.4 Å². The first-order valence-electron chi connectivity index (χ1n) is 7.79. The molecule has 0 heterocycles. The summed E-state index contributed by atoms with van der Waals surface area (Å²) in [6.07, 6.45) is 0. The maximum absolute atomic E-state index is 14.0. The van der Waals surface area contributed by atoms with Crippen LogP contribution in [0.25, 0.3) is 22.3 Å². The molecule has 3 aromatic carbocycles. The van der Waals surface area contributed by atoms with E-state index < -0.39 is 5.82 Å². The number of aromatic hydroxyl groups is 1. The Balaban J connectivity index is 2.38. The average molecular weight is 352 g/mol. The molecule has 0 aliphatic carbocycles. The van der Waals surface area contributed by atoms with E-state index in [0.717, 1.165) is 11.1 Å². The number of amidine groups is 1. The monoisotopic (exact) mass is 352 g/mol. The van der Waals surface area contributed by atoms with Crippen molar-refractivity contribution in [3.63, 3.8) is 0 Å². The highest BCUT2D eigenvalue weighted by molar-refractivity contribution is 6.07. The molecule has 0 bridgehead atoms. The fraction of sp³-hybridized carbons (Fsp3) is 0.0500. The van der Waals surface area contributed by atoms with Gasteiger partial charge in [-0.2, -0.15) is 0 Å². The number of hydrogen-bond acceptors (Lipinski definition) is 4. The van der Waals surface area contributed by atoms with Crippen LogP contribution < -0.4 is 10.5 Å². The highest BCUT2D eigenvalue weighted by Gasteiger charge is 2.19. The number of rotatable bonds is 4. The molecule has 26 heavy (non-hydrogen) atoms. The third-order valence-electron chi connectivity index (χ3n) is 4.06. The molecule has 0 radical (unpaired) electrons. The van der Waals surface area contributed by atoms with Crippen LogP contribution in [0.15, 0.2) is 65.8 Å². The van der Waals surface area contributed by atoms with Crippen molar-refractivity contribution in [2.75, 3.05) is 7.11 Å². The molecule has 0 aromatic heterocycles. The molecule has 3 rings (SSSR count). The molecule has 132 valence electrons. The highest BCUT2D eigenvalue weighted by atomic mass is 19.1. The minimum atomic E-state index is -0.438. The van der Waals surface area contributed by atoms with Gasteiger partial charge in [-0.3, -0.25) is 0 Å². The Labute approximate surface area is 149 Å². The van der Waals surface area contributed by atoms with Crippen molar-refractivity contribution >= 4 is 5.84 Å². The number of oxime groups is 1. The Morgan fingerprint density at radius 2 is 1.77 bits per heavy atom. The fourth-order valence-electron chi connectivity index (χ4n) is 2.87. The number of ether oxygens (including phenoxy) is 1. The van der Waals surface area contributed by atoms with Crippen molar-refractivity contribution in [2.24, 2.45) is 10.9 Å². The van der Waals surface area contributed by atoms with Gasteiger partial charge >= 0.3 is 0 Å². The third-order valence-corrected chi connectivity index (χ3v) is 4.06. The Morgan fingerprint density at radius 3 is 2.42 bits per heavy atom. The molecule has 0 fully saturated rings. The maximum Gasteiger partial charge on any atom is 0.170 e. The summed E-state index contributed by atoms with van der Waals surface area (Å²) >= 11 is 0. The number of methoxy groups -OCH3 is 1. The van der Waals surface area contributed by atoms with E-state index in [0.29, 0.717) is 22.4 Å². The molecule has 0 unspecified atom stereocenters. The van der Waals surface area contributed by atoms with Crippen LogP contribution in [0.3, 0.4) is 0 Å². The molecular formula is C20H17FN2O3. The summed E-state index contributed by atoms with van der Waals surface area (Å²) in [5.74, 6) is 0.0366. The van der Waals surface area contributed by atoms with Gasteiger partial charge in [-0.1, -0.05) is 35.5 Å². The first-order chi connectivity index (χ1) is 12.5.